The van der Waals surface area contributed by atoms with E-state index in [1.807, 2.05) is 79.5 Å². The van der Waals surface area contributed by atoms with E-state index >= 15 is 0 Å². The van der Waals surface area contributed by atoms with Crippen molar-refractivity contribution in [3.05, 3.63) is 66.5 Å². The number of hydrogen-bond donors (Lipinski definition) is 1. The lowest BCUT2D eigenvalue weighted by molar-refractivity contribution is 0.415. The summed E-state index contributed by atoms with van der Waals surface area (Å²) in [7, 11) is 3.65. The zero-order valence-corrected chi connectivity index (χ0v) is 14.0. The van der Waals surface area contributed by atoms with Crippen molar-refractivity contribution in [1.29, 1.82) is 0 Å². The Bertz CT molecular complexity index is 803. The first kappa shape index (κ1) is 15.8. The monoisotopic (exact) mass is 320 g/mol. The molecule has 0 aliphatic heterocycles. The number of ether oxygens (including phenoxy) is 1. The van der Waals surface area contributed by atoms with Gasteiger partial charge in [0.15, 0.2) is 0 Å². The van der Waals surface area contributed by atoms with Crippen LogP contribution in [0.15, 0.2) is 60.7 Å². The van der Waals surface area contributed by atoms with Crippen molar-refractivity contribution >= 4 is 23.0 Å². The molecule has 0 aliphatic rings. The molecule has 5 nitrogen and oxygen atoms in total. The Morgan fingerprint density at radius 1 is 0.958 bits per heavy atom. The average Bonchev–Trinajstić information content (AvgIpc) is 2.62. The third-order valence-electron chi connectivity index (χ3n) is 3.67. The number of nitrogens with zero attached hydrogens (tertiary/aromatic N) is 3. The Balaban J connectivity index is 1.85. The fraction of sp³-hybridized carbons (Fsp3) is 0.158. The quantitative estimate of drug-likeness (QED) is 0.759. The molecule has 3 aromatic rings. The lowest BCUT2D eigenvalue weighted by Gasteiger charge is -2.19. The number of hydrogen-bond acceptors (Lipinski definition) is 5. The number of methoxy groups -OCH3 is 1. The number of aromatic nitrogens is 2. The number of benzene rings is 2. The molecule has 5 heteroatoms. The van der Waals surface area contributed by atoms with Crippen LogP contribution in [-0.4, -0.2) is 24.1 Å². The minimum Gasteiger partial charge on any atom is -0.497 e. The molecule has 3 rings (SSSR count). The van der Waals surface area contributed by atoms with Gasteiger partial charge in [0.2, 0.25) is 0 Å². The third kappa shape index (κ3) is 3.63. The summed E-state index contributed by atoms with van der Waals surface area (Å²) < 4.78 is 5.18. The van der Waals surface area contributed by atoms with Gasteiger partial charge < -0.3 is 15.0 Å². The van der Waals surface area contributed by atoms with Crippen LogP contribution < -0.4 is 15.0 Å². The van der Waals surface area contributed by atoms with E-state index in [1.165, 1.54) is 0 Å². The SMILES string of the molecule is COc1ccc(Nc2cc(N(C)c3ccccc3)nc(C)n2)cc1. The lowest BCUT2D eigenvalue weighted by Crippen LogP contribution is -2.12. The van der Waals surface area contributed by atoms with Crippen molar-refractivity contribution < 1.29 is 4.74 Å². The molecule has 0 amide bonds. The number of rotatable bonds is 5. The smallest absolute Gasteiger partial charge is 0.138 e. The van der Waals surface area contributed by atoms with E-state index in [1.54, 1.807) is 7.11 Å². The summed E-state index contributed by atoms with van der Waals surface area (Å²) in [5, 5.41) is 3.31. The third-order valence-corrected chi connectivity index (χ3v) is 3.67. The Morgan fingerprint density at radius 3 is 2.33 bits per heavy atom. The maximum Gasteiger partial charge on any atom is 0.138 e. The molecule has 1 heterocycles. The molecule has 1 N–H and O–H groups in total. The molecule has 122 valence electrons. The Morgan fingerprint density at radius 2 is 1.67 bits per heavy atom. The molecule has 24 heavy (non-hydrogen) atoms. The van der Waals surface area contributed by atoms with Gasteiger partial charge in [0.1, 0.15) is 23.2 Å². The number of para-hydroxylation sites is 1. The van der Waals surface area contributed by atoms with Gasteiger partial charge in [-0.3, -0.25) is 0 Å². The summed E-state index contributed by atoms with van der Waals surface area (Å²) in [6.45, 7) is 1.89. The first-order valence-corrected chi connectivity index (χ1v) is 7.71. The van der Waals surface area contributed by atoms with Gasteiger partial charge in [0.25, 0.3) is 0 Å². The summed E-state index contributed by atoms with van der Waals surface area (Å²) in [6.07, 6.45) is 0. The second-order valence-electron chi connectivity index (χ2n) is 5.41. The van der Waals surface area contributed by atoms with Gasteiger partial charge >= 0.3 is 0 Å². The highest BCUT2D eigenvalue weighted by Crippen LogP contribution is 2.25. The summed E-state index contributed by atoms with van der Waals surface area (Å²) >= 11 is 0. The van der Waals surface area contributed by atoms with Crippen molar-refractivity contribution in [2.45, 2.75) is 6.92 Å². The normalized spacial score (nSPS) is 10.3. The van der Waals surface area contributed by atoms with E-state index in [9.17, 15) is 0 Å². The van der Waals surface area contributed by atoms with Gasteiger partial charge in [0.05, 0.1) is 7.11 Å². The minimum atomic E-state index is 0.714. The summed E-state index contributed by atoms with van der Waals surface area (Å²) in [5.41, 5.74) is 2.02. The topological polar surface area (TPSA) is 50.3 Å². The van der Waals surface area contributed by atoms with Crippen molar-refractivity contribution in [3.8, 4) is 5.75 Å². The lowest BCUT2D eigenvalue weighted by atomic mass is 10.3. The second-order valence-corrected chi connectivity index (χ2v) is 5.41. The molecule has 0 fully saturated rings. The standard InChI is InChI=1S/C19H20N4O/c1-14-20-18(22-15-9-11-17(24-3)12-10-15)13-19(21-14)23(2)16-7-5-4-6-8-16/h4-13H,1-3H3,(H,20,21,22). The second kappa shape index (κ2) is 7.00. The van der Waals surface area contributed by atoms with E-state index < -0.39 is 0 Å². The zero-order chi connectivity index (χ0) is 16.9. The largest absolute Gasteiger partial charge is 0.497 e. The van der Waals surface area contributed by atoms with Crippen molar-refractivity contribution in [1.82, 2.24) is 9.97 Å². The molecular formula is C19H20N4O. The van der Waals surface area contributed by atoms with Crippen LogP contribution in [-0.2, 0) is 0 Å². The van der Waals surface area contributed by atoms with E-state index in [-0.39, 0.29) is 0 Å². The Kier molecular flexibility index (Phi) is 4.61. The molecule has 0 unspecified atom stereocenters. The number of aryl methyl sites for hydroxylation is 1. The van der Waals surface area contributed by atoms with Crippen LogP contribution in [0.2, 0.25) is 0 Å². The van der Waals surface area contributed by atoms with E-state index in [2.05, 4.69) is 15.3 Å². The number of anilines is 4. The first-order valence-electron chi connectivity index (χ1n) is 7.71. The number of nitrogens with one attached hydrogen (secondary N) is 1. The molecular weight excluding hydrogens is 300 g/mol. The molecule has 0 radical (unpaired) electrons. The van der Waals surface area contributed by atoms with E-state index in [0.717, 1.165) is 28.8 Å². The molecule has 0 spiro atoms. The van der Waals surface area contributed by atoms with Gasteiger partial charge in [0, 0.05) is 24.5 Å². The maximum atomic E-state index is 5.18. The fourth-order valence-electron chi connectivity index (χ4n) is 2.39. The van der Waals surface area contributed by atoms with Crippen LogP contribution in [0.4, 0.5) is 23.0 Å². The van der Waals surface area contributed by atoms with Gasteiger partial charge in [-0.05, 0) is 43.3 Å². The van der Waals surface area contributed by atoms with Gasteiger partial charge in [-0.25, -0.2) is 9.97 Å². The summed E-state index contributed by atoms with van der Waals surface area (Å²) in [4.78, 5) is 11.0. The molecule has 0 saturated heterocycles. The Labute approximate surface area is 142 Å². The van der Waals surface area contributed by atoms with Crippen LogP contribution in [0.5, 0.6) is 5.75 Å². The maximum absolute atomic E-state index is 5.18. The van der Waals surface area contributed by atoms with Crippen LogP contribution in [0.3, 0.4) is 0 Å². The Hall–Kier alpha value is -3.08. The predicted molar refractivity (Wildman–Crippen MR) is 97.6 cm³/mol. The predicted octanol–water partition coefficient (Wildman–Crippen LogP) is 4.31. The van der Waals surface area contributed by atoms with Crippen molar-refractivity contribution in [2.75, 3.05) is 24.4 Å². The van der Waals surface area contributed by atoms with Gasteiger partial charge in [-0.15, -0.1) is 0 Å². The highest BCUT2D eigenvalue weighted by molar-refractivity contribution is 5.65. The van der Waals surface area contributed by atoms with Gasteiger partial charge in [-0.1, -0.05) is 18.2 Å². The van der Waals surface area contributed by atoms with Crippen LogP contribution in [0.25, 0.3) is 0 Å². The highest BCUT2D eigenvalue weighted by atomic mass is 16.5. The van der Waals surface area contributed by atoms with E-state index in [4.69, 9.17) is 4.74 Å². The molecule has 0 aliphatic carbocycles. The highest BCUT2D eigenvalue weighted by Gasteiger charge is 2.08. The molecule has 0 atom stereocenters. The zero-order valence-electron chi connectivity index (χ0n) is 14.0. The molecule has 0 bridgehead atoms. The summed E-state index contributed by atoms with van der Waals surface area (Å²) in [5.74, 6) is 3.13. The fourth-order valence-corrected chi connectivity index (χ4v) is 2.39. The van der Waals surface area contributed by atoms with Crippen LogP contribution in [0, 0.1) is 6.92 Å². The first-order chi connectivity index (χ1) is 11.7. The van der Waals surface area contributed by atoms with E-state index in [0.29, 0.717) is 5.82 Å². The molecule has 2 aromatic carbocycles. The van der Waals surface area contributed by atoms with Crippen molar-refractivity contribution in [3.63, 3.8) is 0 Å². The van der Waals surface area contributed by atoms with Crippen molar-refractivity contribution in [2.24, 2.45) is 0 Å². The minimum absolute atomic E-state index is 0.714. The molecule has 0 saturated carbocycles. The molecule has 1 aromatic heterocycles. The average molecular weight is 320 g/mol. The van der Waals surface area contributed by atoms with Gasteiger partial charge in [-0.2, -0.15) is 0 Å². The van der Waals surface area contributed by atoms with Crippen LogP contribution in [0.1, 0.15) is 5.82 Å². The van der Waals surface area contributed by atoms with Crippen LogP contribution >= 0.6 is 0 Å². The summed E-state index contributed by atoms with van der Waals surface area (Å²) in [6, 6.07) is 19.8.